The molecule has 0 saturated heterocycles. The van der Waals surface area contributed by atoms with Gasteiger partial charge in [-0.25, -0.2) is 9.97 Å². The number of aliphatic hydroxyl groups excluding tert-OH is 1. The van der Waals surface area contributed by atoms with Crippen molar-refractivity contribution in [3.63, 3.8) is 0 Å². The number of carboxylic acids is 1. The van der Waals surface area contributed by atoms with Gasteiger partial charge in [0, 0.05) is 11.9 Å². The normalized spacial score (nSPS) is 10.4. The molecule has 1 heterocycles. The van der Waals surface area contributed by atoms with Gasteiger partial charge in [-0.05, 0) is 12.1 Å². The third-order valence-corrected chi connectivity index (χ3v) is 2.19. The lowest BCUT2D eigenvalue weighted by Crippen LogP contribution is -2.25. The Balaban J connectivity index is 2.56. The fourth-order valence-corrected chi connectivity index (χ4v) is 1.48. The Morgan fingerprint density at radius 2 is 2.12 bits per heavy atom. The third kappa shape index (κ3) is 2.31. The van der Waals surface area contributed by atoms with E-state index in [2.05, 4.69) is 15.3 Å². The molecule has 0 aliphatic carbocycles. The van der Waals surface area contributed by atoms with Crippen LogP contribution in [0.3, 0.4) is 0 Å². The molecule has 2 aromatic rings. The number of benzene rings is 1. The van der Waals surface area contributed by atoms with Crippen LogP contribution in [0.5, 0.6) is 0 Å². The highest BCUT2D eigenvalue weighted by Gasteiger charge is 2.07. The molecule has 1 aromatic heterocycles. The molecule has 1 aromatic carbocycles. The van der Waals surface area contributed by atoms with Gasteiger partial charge in [-0.1, -0.05) is 12.1 Å². The zero-order valence-electron chi connectivity index (χ0n) is 8.88. The lowest BCUT2D eigenvalue weighted by Gasteiger charge is -2.10. The molecule has 6 nitrogen and oxygen atoms in total. The number of aromatic carboxylic acids is 1. The minimum absolute atomic E-state index is 0.0705. The number of hydrogen-bond donors (Lipinski definition) is 2. The van der Waals surface area contributed by atoms with E-state index < -0.39 is 5.97 Å². The molecule has 0 aliphatic heterocycles. The van der Waals surface area contributed by atoms with E-state index in [0.29, 0.717) is 16.7 Å². The lowest BCUT2D eigenvalue weighted by atomic mass is 10.2. The van der Waals surface area contributed by atoms with Crippen molar-refractivity contribution in [2.75, 3.05) is 18.5 Å². The predicted octanol–water partition coefficient (Wildman–Crippen LogP) is -0.603. The number of nitrogens with zero attached hydrogens (tertiary/aromatic N) is 2. The number of hydrogen-bond acceptors (Lipinski definition) is 6. The SMILES string of the molecule is O=C([O-])c1nc(NCCO)c2ccccc2n1. The monoisotopic (exact) mass is 232 g/mol. The van der Waals surface area contributed by atoms with Crippen LogP contribution in [-0.2, 0) is 0 Å². The summed E-state index contributed by atoms with van der Waals surface area (Å²) in [4.78, 5) is 18.5. The van der Waals surface area contributed by atoms with Crippen molar-refractivity contribution in [3.05, 3.63) is 30.1 Å². The molecule has 88 valence electrons. The molecule has 0 saturated carbocycles. The highest BCUT2D eigenvalue weighted by Crippen LogP contribution is 2.19. The molecule has 2 rings (SSSR count). The number of carbonyl (C=O) groups is 1. The Morgan fingerprint density at radius 1 is 1.35 bits per heavy atom. The van der Waals surface area contributed by atoms with Crippen LogP contribution in [0.2, 0.25) is 0 Å². The summed E-state index contributed by atoms with van der Waals surface area (Å²) in [5, 5.41) is 23.0. The van der Waals surface area contributed by atoms with Gasteiger partial charge < -0.3 is 20.3 Å². The van der Waals surface area contributed by atoms with Crippen molar-refractivity contribution >= 4 is 22.7 Å². The smallest absolute Gasteiger partial charge is 0.177 e. The van der Waals surface area contributed by atoms with Crippen LogP contribution >= 0.6 is 0 Å². The van der Waals surface area contributed by atoms with Crippen molar-refractivity contribution in [2.45, 2.75) is 0 Å². The number of para-hydroxylation sites is 1. The summed E-state index contributed by atoms with van der Waals surface area (Å²) < 4.78 is 0. The number of rotatable bonds is 4. The number of aromatic nitrogens is 2. The minimum atomic E-state index is -1.43. The molecular weight excluding hydrogens is 222 g/mol. The van der Waals surface area contributed by atoms with E-state index in [0.717, 1.165) is 0 Å². The van der Waals surface area contributed by atoms with Gasteiger partial charge in [-0.15, -0.1) is 0 Å². The van der Waals surface area contributed by atoms with Crippen molar-refractivity contribution in [1.29, 1.82) is 0 Å². The summed E-state index contributed by atoms with van der Waals surface area (Å²) in [6.07, 6.45) is 0. The molecule has 6 heteroatoms. The number of nitrogens with one attached hydrogen (secondary N) is 1. The molecular formula is C11H10N3O3-. The second-order valence-electron chi connectivity index (χ2n) is 3.35. The molecule has 0 unspecified atom stereocenters. The highest BCUT2D eigenvalue weighted by molar-refractivity contribution is 5.92. The summed E-state index contributed by atoms with van der Waals surface area (Å²) in [5.41, 5.74) is 0.516. The van der Waals surface area contributed by atoms with Crippen LogP contribution in [0.15, 0.2) is 24.3 Å². The Kier molecular flexibility index (Phi) is 3.15. The first-order valence-electron chi connectivity index (χ1n) is 5.05. The zero-order chi connectivity index (χ0) is 12.3. The maximum atomic E-state index is 10.8. The molecule has 0 fully saturated rings. The van der Waals surface area contributed by atoms with E-state index in [1.807, 2.05) is 0 Å². The van der Waals surface area contributed by atoms with Crippen molar-refractivity contribution in [3.8, 4) is 0 Å². The van der Waals surface area contributed by atoms with Gasteiger partial charge in [0.2, 0.25) is 0 Å². The van der Waals surface area contributed by atoms with Gasteiger partial charge in [0.1, 0.15) is 11.8 Å². The maximum absolute atomic E-state index is 10.8. The lowest BCUT2D eigenvalue weighted by molar-refractivity contribution is -0.256. The van der Waals surface area contributed by atoms with Gasteiger partial charge >= 0.3 is 0 Å². The molecule has 17 heavy (non-hydrogen) atoms. The summed E-state index contributed by atoms with van der Waals surface area (Å²) in [6.45, 7) is 0.215. The number of fused-ring (bicyclic) bond motifs is 1. The average molecular weight is 232 g/mol. The third-order valence-electron chi connectivity index (χ3n) is 2.19. The maximum Gasteiger partial charge on any atom is 0.177 e. The number of carbonyl (C=O) groups excluding carboxylic acids is 1. The fourth-order valence-electron chi connectivity index (χ4n) is 1.48. The first-order valence-corrected chi connectivity index (χ1v) is 5.05. The molecule has 2 N–H and O–H groups in total. The quantitative estimate of drug-likeness (QED) is 0.730. The van der Waals surface area contributed by atoms with Crippen LogP contribution in [-0.4, -0.2) is 34.2 Å². The molecule has 0 spiro atoms. The van der Waals surface area contributed by atoms with Gasteiger partial charge in [-0.2, -0.15) is 0 Å². The van der Waals surface area contributed by atoms with Crippen LogP contribution in [0.4, 0.5) is 5.82 Å². The summed E-state index contributed by atoms with van der Waals surface area (Å²) in [6, 6.07) is 7.01. The van der Waals surface area contributed by atoms with E-state index in [1.165, 1.54) is 0 Å². The topological polar surface area (TPSA) is 98.2 Å². The van der Waals surface area contributed by atoms with Crippen molar-refractivity contribution < 1.29 is 15.0 Å². The van der Waals surface area contributed by atoms with Crippen LogP contribution in [0.25, 0.3) is 10.9 Å². The Morgan fingerprint density at radius 3 is 2.82 bits per heavy atom. The summed E-state index contributed by atoms with van der Waals surface area (Å²) in [5.74, 6) is -1.42. The molecule has 0 aliphatic rings. The summed E-state index contributed by atoms with van der Waals surface area (Å²) in [7, 11) is 0. The molecule has 0 bridgehead atoms. The number of aliphatic hydroxyl groups is 1. The van der Waals surface area contributed by atoms with Crippen LogP contribution in [0, 0.1) is 0 Å². The zero-order valence-corrected chi connectivity index (χ0v) is 8.88. The van der Waals surface area contributed by atoms with Gasteiger partial charge in [-0.3, -0.25) is 0 Å². The largest absolute Gasteiger partial charge is 0.542 e. The molecule has 0 amide bonds. The Labute approximate surface area is 96.9 Å². The van der Waals surface area contributed by atoms with Crippen molar-refractivity contribution in [2.24, 2.45) is 0 Å². The Hall–Kier alpha value is -2.21. The van der Waals surface area contributed by atoms with E-state index in [1.54, 1.807) is 24.3 Å². The van der Waals surface area contributed by atoms with Crippen molar-refractivity contribution in [1.82, 2.24) is 9.97 Å². The second kappa shape index (κ2) is 4.75. The summed E-state index contributed by atoms with van der Waals surface area (Å²) >= 11 is 0. The fraction of sp³-hybridized carbons (Fsp3) is 0.182. The van der Waals surface area contributed by atoms with Crippen LogP contribution in [0.1, 0.15) is 10.6 Å². The average Bonchev–Trinajstić information content (AvgIpc) is 2.35. The number of anilines is 1. The first-order chi connectivity index (χ1) is 8.22. The van der Waals surface area contributed by atoms with E-state index >= 15 is 0 Å². The Bertz CT molecular complexity index is 557. The predicted molar refractivity (Wildman–Crippen MR) is 59.4 cm³/mol. The van der Waals surface area contributed by atoms with Gasteiger partial charge in [0.05, 0.1) is 12.1 Å². The molecule has 0 atom stereocenters. The second-order valence-corrected chi connectivity index (χ2v) is 3.35. The standard InChI is InChI=1S/C11H11N3O3/c15-6-5-12-9-7-3-1-2-4-8(7)13-10(14-9)11(16)17/h1-4,15H,5-6H2,(H,16,17)(H,12,13,14)/p-1. The van der Waals surface area contributed by atoms with Crippen LogP contribution < -0.4 is 10.4 Å². The van der Waals surface area contributed by atoms with Gasteiger partial charge in [0.15, 0.2) is 5.82 Å². The first kappa shape index (κ1) is 11.3. The van der Waals surface area contributed by atoms with Gasteiger partial charge in [0.25, 0.3) is 0 Å². The minimum Gasteiger partial charge on any atom is -0.542 e. The van der Waals surface area contributed by atoms with E-state index in [4.69, 9.17) is 5.11 Å². The number of carboxylic acid groups (broad SMARTS) is 1. The van der Waals surface area contributed by atoms with E-state index in [9.17, 15) is 9.90 Å². The van der Waals surface area contributed by atoms with E-state index in [-0.39, 0.29) is 19.0 Å². The molecule has 0 radical (unpaired) electrons. The highest BCUT2D eigenvalue weighted by atomic mass is 16.4.